The first kappa shape index (κ1) is 12.0. The van der Waals surface area contributed by atoms with Crippen molar-refractivity contribution in [2.24, 2.45) is 0 Å². The van der Waals surface area contributed by atoms with Gasteiger partial charge >= 0.3 is 0 Å². The highest BCUT2D eigenvalue weighted by molar-refractivity contribution is 5.12. The summed E-state index contributed by atoms with van der Waals surface area (Å²) in [5, 5.41) is 0. The second-order valence-electron chi connectivity index (χ2n) is 3.68. The number of hydrogen-bond donors (Lipinski definition) is 0. The van der Waals surface area contributed by atoms with Crippen LogP contribution in [0.15, 0.2) is 23.9 Å². The Morgan fingerprint density at radius 1 is 1.20 bits per heavy atom. The van der Waals surface area contributed by atoms with E-state index in [1.807, 2.05) is 6.92 Å². The van der Waals surface area contributed by atoms with Crippen molar-refractivity contribution >= 4 is 0 Å². The van der Waals surface area contributed by atoms with Gasteiger partial charge in [0.1, 0.15) is 5.76 Å². The maximum Gasteiger partial charge on any atom is 0.115 e. The fourth-order valence-corrected chi connectivity index (χ4v) is 1.83. The van der Waals surface area contributed by atoms with Gasteiger partial charge in [-0.1, -0.05) is 13.8 Å². The summed E-state index contributed by atoms with van der Waals surface area (Å²) in [6.45, 7) is 8.04. The van der Waals surface area contributed by atoms with E-state index in [1.54, 1.807) is 0 Å². The highest BCUT2D eigenvalue weighted by Crippen LogP contribution is 2.21. The first-order valence-corrected chi connectivity index (χ1v) is 5.72. The number of ether oxygens (including phenoxy) is 1. The smallest absolute Gasteiger partial charge is 0.115 e. The van der Waals surface area contributed by atoms with E-state index >= 15 is 0 Å². The zero-order valence-electron chi connectivity index (χ0n) is 10.3. The molecular formula is C12H22N2O. The lowest BCUT2D eigenvalue weighted by Crippen LogP contribution is -2.23. The minimum atomic E-state index is 0.750. The summed E-state index contributed by atoms with van der Waals surface area (Å²) < 4.78 is 5.68. The maximum atomic E-state index is 5.68. The summed E-state index contributed by atoms with van der Waals surface area (Å²) in [5.41, 5.74) is 1.31. The van der Waals surface area contributed by atoms with Crippen molar-refractivity contribution in [3.63, 3.8) is 0 Å². The Hall–Kier alpha value is -1.12. The van der Waals surface area contributed by atoms with Crippen molar-refractivity contribution in [2.45, 2.75) is 33.6 Å². The Morgan fingerprint density at radius 3 is 2.33 bits per heavy atom. The Morgan fingerprint density at radius 2 is 1.93 bits per heavy atom. The molecule has 0 unspecified atom stereocenters. The molecule has 0 radical (unpaired) electrons. The van der Waals surface area contributed by atoms with Crippen molar-refractivity contribution in [3.8, 4) is 0 Å². The molecule has 0 aromatic carbocycles. The molecule has 0 saturated carbocycles. The van der Waals surface area contributed by atoms with E-state index in [-0.39, 0.29) is 0 Å². The average molecular weight is 210 g/mol. The van der Waals surface area contributed by atoms with Crippen LogP contribution in [0.3, 0.4) is 0 Å². The van der Waals surface area contributed by atoms with Crippen molar-refractivity contribution in [3.05, 3.63) is 23.9 Å². The molecule has 1 aliphatic rings. The van der Waals surface area contributed by atoms with Gasteiger partial charge in [-0.3, -0.25) is 0 Å². The molecule has 15 heavy (non-hydrogen) atoms. The zero-order valence-corrected chi connectivity index (χ0v) is 10.3. The van der Waals surface area contributed by atoms with Crippen LogP contribution in [-0.4, -0.2) is 30.1 Å². The molecule has 0 aromatic rings. The summed E-state index contributed by atoms with van der Waals surface area (Å²) in [7, 11) is 2.08. The molecular weight excluding hydrogens is 188 g/mol. The van der Waals surface area contributed by atoms with E-state index in [9.17, 15) is 0 Å². The number of rotatable bonds is 5. The maximum absolute atomic E-state index is 5.68. The summed E-state index contributed by atoms with van der Waals surface area (Å²) in [6, 6.07) is 0. The molecule has 0 spiro atoms. The first-order valence-electron chi connectivity index (χ1n) is 5.72. The van der Waals surface area contributed by atoms with Gasteiger partial charge in [-0.15, -0.1) is 0 Å². The van der Waals surface area contributed by atoms with Crippen molar-refractivity contribution < 1.29 is 4.74 Å². The molecule has 1 aliphatic heterocycles. The van der Waals surface area contributed by atoms with Crippen LogP contribution in [0.25, 0.3) is 0 Å². The van der Waals surface area contributed by atoms with Crippen LogP contribution in [0.5, 0.6) is 0 Å². The van der Waals surface area contributed by atoms with Crippen molar-refractivity contribution in [2.75, 3.05) is 20.3 Å². The monoisotopic (exact) mass is 210 g/mol. The molecule has 0 saturated heterocycles. The first-order chi connectivity index (χ1) is 7.22. The van der Waals surface area contributed by atoms with Crippen LogP contribution >= 0.6 is 0 Å². The Bertz CT molecular complexity index is 258. The summed E-state index contributed by atoms with van der Waals surface area (Å²) in [4.78, 5) is 4.42. The van der Waals surface area contributed by atoms with Crippen LogP contribution in [-0.2, 0) is 4.74 Å². The fourth-order valence-electron chi connectivity index (χ4n) is 1.83. The van der Waals surface area contributed by atoms with Crippen LogP contribution in [0.1, 0.15) is 33.6 Å². The standard InChI is InChI=1S/C12H22N2O/c1-5-11(12(6-2)15-7-3)14-9-8-13(4)10-14/h8-9H,5-7,10H2,1-4H3/b12-11-. The third-order valence-corrected chi connectivity index (χ3v) is 2.52. The van der Waals surface area contributed by atoms with E-state index in [0.29, 0.717) is 0 Å². The molecule has 86 valence electrons. The minimum Gasteiger partial charge on any atom is -0.496 e. The quantitative estimate of drug-likeness (QED) is 0.649. The van der Waals surface area contributed by atoms with Gasteiger partial charge in [0.25, 0.3) is 0 Å². The normalized spacial score (nSPS) is 17.1. The average Bonchev–Trinajstić information content (AvgIpc) is 2.64. The molecule has 0 atom stereocenters. The summed E-state index contributed by atoms with van der Waals surface area (Å²) >= 11 is 0. The highest BCUT2D eigenvalue weighted by atomic mass is 16.5. The molecule has 1 heterocycles. The number of nitrogens with zero attached hydrogens (tertiary/aromatic N) is 2. The third-order valence-electron chi connectivity index (χ3n) is 2.52. The van der Waals surface area contributed by atoms with Crippen LogP contribution in [0, 0.1) is 0 Å². The summed E-state index contributed by atoms with van der Waals surface area (Å²) in [5.74, 6) is 1.12. The molecule has 0 bridgehead atoms. The second kappa shape index (κ2) is 5.69. The van der Waals surface area contributed by atoms with E-state index in [2.05, 4.69) is 43.1 Å². The van der Waals surface area contributed by atoms with Gasteiger partial charge in [-0.2, -0.15) is 0 Å². The fraction of sp³-hybridized carbons (Fsp3) is 0.667. The number of hydrogen-bond acceptors (Lipinski definition) is 3. The number of allylic oxidation sites excluding steroid dienone is 2. The zero-order chi connectivity index (χ0) is 11.3. The van der Waals surface area contributed by atoms with Crippen molar-refractivity contribution in [1.29, 1.82) is 0 Å². The molecule has 0 fully saturated rings. The van der Waals surface area contributed by atoms with E-state index in [4.69, 9.17) is 4.74 Å². The second-order valence-corrected chi connectivity index (χ2v) is 3.68. The molecule has 0 N–H and O–H groups in total. The van der Waals surface area contributed by atoms with Crippen LogP contribution < -0.4 is 0 Å². The largest absolute Gasteiger partial charge is 0.496 e. The molecule has 0 amide bonds. The lowest BCUT2D eigenvalue weighted by molar-refractivity contribution is 0.201. The molecule has 3 heteroatoms. The lowest BCUT2D eigenvalue weighted by atomic mass is 10.2. The molecule has 3 nitrogen and oxygen atoms in total. The topological polar surface area (TPSA) is 15.7 Å². The predicted molar refractivity (Wildman–Crippen MR) is 62.8 cm³/mol. The van der Waals surface area contributed by atoms with Gasteiger partial charge in [0, 0.05) is 25.9 Å². The van der Waals surface area contributed by atoms with Gasteiger partial charge in [-0.25, -0.2) is 0 Å². The highest BCUT2D eigenvalue weighted by Gasteiger charge is 2.15. The van der Waals surface area contributed by atoms with E-state index < -0.39 is 0 Å². The SMILES string of the molecule is CCO/C(CC)=C(/CC)N1C=CN(C)C1. The van der Waals surface area contributed by atoms with Gasteiger partial charge in [-0.05, 0) is 13.3 Å². The molecule has 0 aromatic heterocycles. The van der Waals surface area contributed by atoms with Crippen molar-refractivity contribution in [1.82, 2.24) is 9.80 Å². The third kappa shape index (κ3) is 2.91. The van der Waals surface area contributed by atoms with Gasteiger partial charge < -0.3 is 14.5 Å². The van der Waals surface area contributed by atoms with Gasteiger partial charge in [0.2, 0.25) is 0 Å². The minimum absolute atomic E-state index is 0.750. The predicted octanol–water partition coefficient (Wildman–Crippen LogP) is 2.73. The van der Waals surface area contributed by atoms with Crippen LogP contribution in [0.4, 0.5) is 0 Å². The van der Waals surface area contributed by atoms with E-state index in [1.165, 1.54) is 5.70 Å². The molecule has 1 rings (SSSR count). The van der Waals surface area contributed by atoms with E-state index in [0.717, 1.165) is 31.9 Å². The van der Waals surface area contributed by atoms with Crippen LogP contribution in [0.2, 0.25) is 0 Å². The Balaban J connectivity index is 2.80. The lowest BCUT2D eigenvalue weighted by Gasteiger charge is -2.23. The summed E-state index contributed by atoms with van der Waals surface area (Å²) in [6.07, 6.45) is 6.19. The Labute approximate surface area is 93.0 Å². The Kier molecular flexibility index (Phi) is 4.53. The van der Waals surface area contributed by atoms with Gasteiger partial charge in [0.05, 0.1) is 19.0 Å². The molecule has 0 aliphatic carbocycles. The van der Waals surface area contributed by atoms with Gasteiger partial charge in [0.15, 0.2) is 0 Å².